The van der Waals surface area contributed by atoms with Gasteiger partial charge in [-0.1, -0.05) is 19.8 Å². The molecule has 1 aromatic heterocycles. The van der Waals surface area contributed by atoms with E-state index in [1.54, 1.807) is 0 Å². The molecule has 1 fully saturated rings. The molecular formula is C16H30N4. The summed E-state index contributed by atoms with van der Waals surface area (Å²) in [5.41, 5.74) is 1.11. The van der Waals surface area contributed by atoms with Crippen molar-refractivity contribution in [1.29, 1.82) is 0 Å². The molecule has 1 atom stereocenters. The van der Waals surface area contributed by atoms with E-state index in [9.17, 15) is 0 Å². The molecule has 0 spiro atoms. The van der Waals surface area contributed by atoms with Crippen LogP contribution in [-0.2, 0) is 6.54 Å². The Hall–Kier alpha value is -1.03. The molecule has 2 heterocycles. The van der Waals surface area contributed by atoms with Crippen molar-refractivity contribution in [1.82, 2.24) is 14.5 Å². The molecule has 20 heavy (non-hydrogen) atoms. The van der Waals surface area contributed by atoms with E-state index in [-0.39, 0.29) is 0 Å². The zero-order chi connectivity index (χ0) is 14.4. The Balaban J connectivity index is 1.87. The Morgan fingerprint density at radius 2 is 2.05 bits per heavy atom. The van der Waals surface area contributed by atoms with Crippen LogP contribution in [-0.4, -0.2) is 40.1 Å². The van der Waals surface area contributed by atoms with Gasteiger partial charge in [0.05, 0.1) is 5.69 Å². The van der Waals surface area contributed by atoms with Crippen molar-refractivity contribution >= 4 is 5.95 Å². The number of nitrogens with zero attached hydrogens (tertiary/aromatic N) is 3. The standard InChI is InChI=1S/C16H30N4/c1-4-5-11-20-13-15(3)18-16(20)17-14(2)12-19-9-7-6-8-10-19/h13-14H,4-12H2,1-3H3,(H,17,18). The van der Waals surface area contributed by atoms with Crippen molar-refractivity contribution in [2.75, 3.05) is 25.0 Å². The lowest BCUT2D eigenvalue weighted by Gasteiger charge is -2.29. The summed E-state index contributed by atoms with van der Waals surface area (Å²) in [6.45, 7) is 11.3. The second-order valence-electron chi connectivity index (χ2n) is 6.16. The first kappa shape index (κ1) is 15.4. The quantitative estimate of drug-likeness (QED) is 0.831. The van der Waals surface area contributed by atoms with Crippen LogP contribution in [0, 0.1) is 6.92 Å². The zero-order valence-corrected chi connectivity index (χ0v) is 13.4. The number of nitrogens with one attached hydrogen (secondary N) is 1. The van der Waals surface area contributed by atoms with Gasteiger partial charge in [0.15, 0.2) is 0 Å². The molecule has 0 radical (unpaired) electrons. The highest BCUT2D eigenvalue weighted by atomic mass is 15.2. The Morgan fingerprint density at radius 3 is 2.75 bits per heavy atom. The molecule has 2 rings (SSSR count). The first-order chi connectivity index (χ1) is 9.69. The number of piperidine rings is 1. The third-order valence-electron chi connectivity index (χ3n) is 4.01. The van der Waals surface area contributed by atoms with E-state index in [1.807, 2.05) is 0 Å². The van der Waals surface area contributed by atoms with Crippen LogP contribution < -0.4 is 5.32 Å². The molecule has 0 aromatic carbocycles. The monoisotopic (exact) mass is 278 g/mol. The second kappa shape index (κ2) is 7.67. The normalized spacial score (nSPS) is 18.1. The van der Waals surface area contributed by atoms with Gasteiger partial charge in [0.25, 0.3) is 0 Å². The first-order valence-corrected chi connectivity index (χ1v) is 8.21. The van der Waals surface area contributed by atoms with Crippen LogP contribution in [0.1, 0.15) is 51.6 Å². The smallest absolute Gasteiger partial charge is 0.203 e. The fourth-order valence-corrected chi connectivity index (χ4v) is 2.96. The van der Waals surface area contributed by atoms with Crippen LogP contribution in [0.5, 0.6) is 0 Å². The van der Waals surface area contributed by atoms with Gasteiger partial charge in [-0.05, 0) is 46.2 Å². The number of aromatic nitrogens is 2. The van der Waals surface area contributed by atoms with E-state index in [0.29, 0.717) is 6.04 Å². The van der Waals surface area contributed by atoms with Gasteiger partial charge >= 0.3 is 0 Å². The molecule has 0 aliphatic carbocycles. The molecular weight excluding hydrogens is 248 g/mol. The van der Waals surface area contributed by atoms with Crippen molar-refractivity contribution < 1.29 is 0 Å². The lowest BCUT2D eigenvalue weighted by molar-refractivity contribution is 0.223. The van der Waals surface area contributed by atoms with Crippen LogP contribution in [0.2, 0.25) is 0 Å². The van der Waals surface area contributed by atoms with Gasteiger partial charge in [-0.3, -0.25) is 0 Å². The summed E-state index contributed by atoms with van der Waals surface area (Å²) < 4.78 is 2.27. The van der Waals surface area contributed by atoms with Gasteiger partial charge in [-0.2, -0.15) is 0 Å². The summed E-state index contributed by atoms with van der Waals surface area (Å²) >= 11 is 0. The van der Waals surface area contributed by atoms with Gasteiger partial charge in [0.1, 0.15) is 0 Å². The number of rotatable bonds is 7. The number of unbranched alkanes of at least 4 members (excludes halogenated alkanes) is 1. The SMILES string of the molecule is CCCCn1cc(C)nc1NC(C)CN1CCCCC1. The third kappa shape index (κ3) is 4.51. The highest BCUT2D eigenvalue weighted by Gasteiger charge is 2.15. The van der Waals surface area contributed by atoms with Gasteiger partial charge in [-0.25, -0.2) is 4.98 Å². The molecule has 1 unspecified atom stereocenters. The van der Waals surface area contributed by atoms with Gasteiger partial charge < -0.3 is 14.8 Å². The summed E-state index contributed by atoms with van der Waals surface area (Å²) in [5, 5.41) is 3.60. The molecule has 4 nitrogen and oxygen atoms in total. The Labute approximate surface area is 123 Å². The zero-order valence-electron chi connectivity index (χ0n) is 13.4. The maximum Gasteiger partial charge on any atom is 0.203 e. The summed E-state index contributed by atoms with van der Waals surface area (Å²) in [6, 6.07) is 0.454. The van der Waals surface area contributed by atoms with Gasteiger partial charge in [0, 0.05) is 25.3 Å². The molecule has 1 saturated heterocycles. The minimum absolute atomic E-state index is 0.454. The summed E-state index contributed by atoms with van der Waals surface area (Å²) in [4.78, 5) is 7.21. The molecule has 1 aromatic rings. The Morgan fingerprint density at radius 1 is 1.30 bits per heavy atom. The van der Waals surface area contributed by atoms with E-state index in [1.165, 1.54) is 45.2 Å². The number of hydrogen-bond acceptors (Lipinski definition) is 3. The lowest BCUT2D eigenvalue weighted by atomic mass is 10.1. The van der Waals surface area contributed by atoms with Crippen LogP contribution in [0.15, 0.2) is 6.20 Å². The third-order valence-corrected chi connectivity index (χ3v) is 4.01. The molecule has 114 valence electrons. The van der Waals surface area contributed by atoms with Crippen molar-refractivity contribution in [2.45, 2.75) is 65.5 Å². The van der Waals surface area contributed by atoms with Gasteiger partial charge in [0.2, 0.25) is 5.95 Å². The van der Waals surface area contributed by atoms with E-state index in [2.05, 4.69) is 46.7 Å². The average molecular weight is 278 g/mol. The fourth-order valence-electron chi connectivity index (χ4n) is 2.96. The Bertz CT molecular complexity index is 393. The van der Waals surface area contributed by atoms with E-state index >= 15 is 0 Å². The van der Waals surface area contributed by atoms with Crippen molar-refractivity contribution in [3.05, 3.63) is 11.9 Å². The van der Waals surface area contributed by atoms with Crippen LogP contribution >= 0.6 is 0 Å². The summed E-state index contributed by atoms with van der Waals surface area (Å²) in [7, 11) is 0. The van der Waals surface area contributed by atoms with Crippen molar-refractivity contribution in [3.63, 3.8) is 0 Å². The second-order valence-corrected chi connectivity index (χ2v) is 6.16. The van der Waals surface area contributed by atoms with E-state index < -0.39 is 0 Å². The topological polar surface area (TPSA) is 33.1 Å². The highest BCUT2D eigenvalue weighted by Crippen LogP contribution is 2.13. The molecule has 0 bridgehead atoms. The van der Waals surface area contributed by atoms with Crippen LogP contribution in [0.4, 0.5) is 5.95 Å². The minimum atomic E-state index is 0.454. The number of likely N-dealkylation sites (tertiary alicyclic amines) is 1. The lowest BCUT2D eigenvalue weighted by Crippen LogP contribution is -2.38. The predicted octanol–water partition coefficient (Wildman–Crippen LogP) is 3.28. The number of aryl methyl sites for hydroxylation is 2. The minimum Gasteiger partial charge on any atom is -0.352 e. The van der Waals surface area contributed by atoms with Crippen LogP contribution in [0.25, 0.3) is 0 Å². The van der Waals surface area contributed by atoms with Crippen LogP contribution in [0.3, 0.4) is 0 Å². The molecule has 4 heteroatoms. The molecule has 1 aliphatic heterocycles. The summed E-state index contributed by atoms with van der Waals surface area (Å²) in [6.07, 6.45) is 8.71. The predicted molar refractivity (Wildman–Crippen MR) is 85.2 cm³/mol. The fraction of sp³-hybridized carbons (Fsp3) is 0.812. The van der Waals surface area contributed by atoms with Gasteiger partial charge in [-0.15, -0.1) is 0 Å². The molecule has 1 aliphatic rings. The summed E-state index contributed by atoms with van der Waals surface area (Å²) in [5.74, 6) is 1.04. The molecule has 0 saturated carbocycles. The maximum absolute atomic E-state index is 4.63. The average Bonchev–Trinajstić information content (AvgIpc) is 2.77. The van der Waals surface area contributed by atoms with E-state index in [0.717, 1.165) is 24.7 Å². The van der Waals surface area contributed by atoms with Crippen molar-refractivity contribution in [2.24, 2.45) is 0 Å². The number of anilines is 1. The van der Waals surface area contributed by atoms with Crippen molar-refractivity contribution in [3.8, 4) is 0 Å². The molecule has 0 amide bonds. The maximum atomic E-state index is 4.63. The molecule has 1 N–H and O–H groups in total. The largest absolute Gasteiger partial charge is 0.352 e. The van der Waals surface area contributed by atoms with E-state index in [4.69, 9.17) is 0 Å². The highest BCUT2D eigenvalue weighted by molar-refractivity contribution is 5.30. The Kier molecular flexibility index (Phi) is 5.89. The number of hydrogen-bond donors (Lipinski definition) is 1. The number of imidazole rings is 1. The first-order valence-electron chi connectivity index (χ1n) is 8.21.